The fourth-order valence-electron chi connectivity index (χ4n) is 6.68. The highest BCUT2D eigenvalue weighted by Gasteiger charge is 2.00. The van der Waals surface area contributed by atoms with Crippen LogP contribution in [0.3, 0.4) is 0 Å². The van der Waals surface area contributed by atoms with E-state index < -0.39 is 0 Å². The number of unbranched alkanes of at least 4 members (excludes halogenated alkanes) is 34. The van der Waals surface area contributed by atoms with Crippen molar-refractivity contribution in [3.8, 4) is 0 Å². The third kappa shape index (κ3) is 42.2. The highest BCUT2D eigenvalue weighted by molar-refractivity contribution is 5.85. The van der Waals surface area contributed by atoms with Crippen molar-refractivity contribution in [1.29, 1.82) is 0 Å². The lowest BCUT2D eigenvalue weighted by Crippen LogP contribution is -2.20. The molecule has 0 atom stereocenters. The molecule has 262 valence electrons. The fourth-order valence-corrected chi connectivity index (χ4v) is 6.68. The van der Waals surface area contributed by atoms with Gasteiger partial charge in [-0.25, -0.2) is 0 Å². The molecule has 0 bridgehead atoms. The summed E-state index contributed by atoms with van der Waals surface area (Å²) < 4.78 is 0. The first-order chi connectivity index (χ1) is 20.8. The smallest absolute Gasteiger partial charge is 0.00218 e. The summed E-state index contributed by atoms with van der Waals surface area (Å²) in [5.74, 6) is 0. The summed E-state index contributed by atoms with van der Waals surface area (Å²) in [5.41, 5.74) is 0. The van der Waals surface area contributed by atoms with Crippen LogP contribution in [-0.4, -0.2) is 25.0 Å². The fraction of sp³-hybridized carbons (Fsp3) is 1.00. The standard InChI is InChI=1S/C41H85N.ClH/c1-4-6-8-10-12-14-16-18-20-22-23-24-25-27-29-31-33-35-37-39-41-42(3)40-38-36-34-32-30-28-26-21-19-17-15-13-11-9-7-5-2;/h4-41H2,1-3H3;1H. The molecule has 0 rings (SSSR count). The van der Waals surface area contributed by atoms with Crippen LogP contribution >= 0.6 is 12.4 Å². The molecule has 0 aliphatic rings. The van der Waals surface area contributed by atoms with Crippen molar-refractivity contribution in [1.82, 2.24) is 4.90 Å². The second-order valence-electron chi connectivity index (χ2n) is 14.3. The molecule has 0 unspecified atom stereocenters. The van der Waals surface area contributed by atoms with Gasteiger partial charge in [0.2, 0.25) is 0 Å². The van der Waals surface area contributed by atoms with E-state index in [4.69, 9.17) is 0 Å². The molecule has 0 saturated carbocycles. The van der Waals surface area contributed by atoms with Gasteiger partial charge in [0.25, 0.3) is 0 Å². The van der Waals surface area contributed by atoms with Gasteiger partial charge in [-0.1, -0.05) is 232 Å². The van der Waals surface area contributed by atoms with Crippen LogP contribution in [0.1, 0.15) is 245 Å². The molecule has 0 aliphatic heterocycles. The van der Waals surface area contributed by atoms with E-state index in [0.717, 1.165) is 0 Å². The van der Waals surface area contributed by atoms with Gasteiger partial charge in [-0.05, 0) is 33.0 Å². The topological polar surface area (TPSA) is 3.24 Å². The lowest BCUT2D eigenvalue weighted by atomic mass is 10.0. The van der Waals surface area contributed by atoms with Gasteiger partial charge in [0.05, 0.1) is 0 Å². The van der Waals surface area contributed by atoms with E-state index in [1.807, 2.05) is 0 Å². The van der Waals surface area contributed by atoms with Crippen LogP contribution < -0.4 is 0 Å². The molecule has 0 aromatic carbocycles. The highest BCUT2D eigenvalue weighted by atomic mass is 35.5. The maximum Gasteiger partial charge on any atom is -0.00218 e. The summed E-state index contributed by atoms with van der Waals surface area (Å²) in [6, 6.07) is 0. The van der Waals surface area contributed by atoms with Crippen molar-refractivity contribution in [3.05, 3.63) is 0 Å². The van der Waals surface area contributed by atoms with E-state index >= 15 is 0 Å². The van der Waals surface area contributed by atoms with Crippen LogP contribution in [0.4, 0.5) is 0 Å². The normalized spacial score (nSPS) is 11.4. The molecular weight excluding hydrogens is 542 g/mol. The number of halogens is 1. The predicted molar refractivity (Wildman–Crippen MR) is 202 cm³/mol. The molecule has 0 spiro atoms. The first-order valence-electron chi connectivity index (χ1n) is 20.5. The monoisotopic (exact) mass is 628 g/mol. The number of rotatable bonds is 38. The van der Waals surface area contributed by atoms with E-state index in [2.05, 4.69) is 25.8 Å². The van der Waals surface area contributed by atoms with Crippen LogP contribution in [0.15, 0.2) is 0 Å². The molecule has 0 aromatic heterocycles. The van der Waals surface area contributed by atoms with Gasteiger partial charge in [-0.15, -0.1) is 12.4 Å². The summed E-state index contributed by atoms with van der Waals surface area (Å²) in [6.07, 6.45) is 52.8. The predicted octanol–water partition coefficient (Wildman–Crippen LogP) is 15.4. The van der Waals surface area contributed by atoms with Crippen molar-refractivity contribution in [3.63, 3.8) is 0 Å². The molecule has 0 aromatic rings. The summed E-state index contributed by atoms with van der Waals surface area (Å²) in [6.45, 7) is 7.25. The van der Waals surface area contributed by atoms with Crippen LogP contribution in [0, 0.1) is 0 Å². The Kier molecular flexibility index (Phi) is 44.6. The van der Waals surface area contributed by atoms with Crippen molar-refractivity contribution in [2.24, 2.45) is 0 Å². The Labute approximate surface area is 281 Å². The molecule has 0 fully saturated rings. The molecule has 0 N–H and O–H groups in total. The molecule has 0 aliphatic carbocycles. The molecule has 0 radical (unpaired) electrons. The molecular formula is C41H86ClN. The van der Waals surface area contributed by atoms with Crippen LogP contribution in [-0.2, 0) is 0 Å². The zero-order valence-corrected chi connectivity index (χ0v) is 31.5. The average Bonchev–Trinajstić information content (AvgIpc) is 3.00. The summed E-state index contributed by atoms with van der Waals surface area (Å²) in [7, 11) is 2.35. The molecule has 2 heteroatoms. The molecule has 0 heterocycles. The zero-order valence-electron chi connectivity index (χ0n) is 30.7. The third-order valence-corrected chi connectivity index (χ3v) is 9.79. The van der Waals surface area contributed by atoms with E-state index in [9.17, 15) is 0 Å². The Morgan fingerprint density at radius 3 is 0.535 bits per heavy atom. The summed E-state index contributed by atoms with van der Waals surface area (Å²) in [4.78, 5) is 2.60. The molecule has 1 nitrogen and oxygen atoms in total. The Hall–Kier alpha value is 0.250. The van der Waals surface area contributed by atoms with Gasteiger partial charge in [0, 0.05) is 0 Å². The minimum Gasteiger partial charge on any atom is -0.306 e. The Morgan fingerprint density at radius 1 is 0.233 bits per heavy atom. The molecule has 0 saturated heterocycles. The largest absolute Gasteiger partial charge is 0.306 e. The van der Waals surface area contributed by atoms with Gasteiger partial charge >= 0.3 is 0 Å². The van der Waals surface area contributed by atoms with Crippen molar-refractivity contribution >= 4 is 12.4 Å². The van der Waals surface area contributed by atoms with Crippen LogP contribution in [0.2, 0.25) is 0 Å². The minimum atomic E-state index is 0. The van der Waals surface area contributed by atoms with Gasteiger partial charge in [-0.2, -0.15) is 0 Å². The second-order valence-corrected chi connectivity index (χ2v) is 14.3. The highest BCUT2D eigenvalue weighted by Crippen LogP contribution is 2.16. The van der Waals surface area contributed by atoms with Gasteiger partial charge < -0.3 is 4.90 Å². The Balaban J connectivity index is 0. The van der Waals surface area contributed by atoms with Crippen molar-refractivity contribution in [2.45, 2.75) is 245 Å². The number of nitrogens with zero attached hydrogens (tertiary/aromatic N) is 1. The van der Waals surface area contributed by atoms with E-state index in [1.165, 1.54) is 244 Å². The Bertz CT molecular complexity index is 453. The second kappa shape index (κ2) is 42.2. The maximum atomic E-state index is 2.60. The van der Waals surface area contributed by atoms with Gasteiger partial charge in [0.1, 0.15) is 0 Å². The molecule has 0 amide bonds. The first kappa shape index (κ1) is 45.4. The van der Waals surface area contributed by atoms with Gasteiger partial charge in [-0.3, -0.25) is 0 Å². The lowest BCUT2D eigenvalue weighted by molar-refractivity contribution is 0.314. The SMILES string of the molecule is CCCCCCCCCCCCCCCCCCCCCCN(C)CCCCCCCCCCCCCCCCCC.Cl. The van der Waals surface area contributed by atoms with E-state index in [0.29, 0.717) is 0 Å². The average molecular weight is 629 g/mol. The summed E-state index contributed by atoms with van der Waals surface area (Å²) in [5, 5.41) is 0. The van der Waals surface area contributed by atoms with Crippen LogP contribution in [0.25, 0.3) is 0 Å². The quantitative estimate of drug-likeness (QED) is 0.0615. The van der Waals surface area contributed by atoms with E-state index in [1.54, 1.807) is 0 Å². The maximum absolute atomic E-state index is 2.60. The van der Waals surface area contributed by atoms with Gasteiger partial charge in [0.15, 0.2) is 0 Å². The lowest BCUT2D eigenvalue weighted by Gasteiger charge is -2.16. The molecule has 43 heavy (non-hydrogen) atoms. The Morgan fingerprint density at radius 2 is 0.372 bits per heavy atom. The number of hydrogen-bond acceptors (Lipinski definition) is 1. The minimum absolute atomic E-state index is 0. The third-order valence-electron chi connectivity index (χ3n) is 9.79. The van der Waals surface area contributed by atoms with Crippen molar-refractivity contribution in [2.75, 3.05) is 20.1 Å². The first-order valence-corrected chi connectivity index (χ1v) is 20.5. The zero-order chi connectivity index (χ0) is 30.4. The summed E-state index contributed by atoms with van der Waals surface area (Å²) >= 11 is 0. The number of hydrogen-bond donors (Lipinski definition) is 0. The van der Waals surface area contributed by atoms with Crippen LogP contribution in [0.5, 0.6) is 0 Å². The van der Waals surface area contributed by atoms with Crippen molar-refractivity contribution < 1.29 is 0 Å². The van der Waals surface area contributed by atoms with E-state index in [-0.39, 0.29) is 12.4 Å².